The van der Waals surface area contributed by atoms with Crippen LogP contribution in [0.25, 0.3) is 11.1 Å². The van der Waals surface area contributed by atoms with Crippen LogP contribution in [0.2, 0.25) is 0 Å². The van der Waals surface area contributed by atoms with Crippen LogP contribution >= 0.6 is 0 Å². The number of carbonyl (C=O) groups is 3. The van der Waals surface area contributed by atoms with Gasteiger partial charge in [-0.1, -0.05) is 42.5 Å². The zero-order chi connectivity index (χ0) is 27.0. The second kappa shape index (κ2) is 10.1. The van der Waals surface area contributed by atoms with Gasteiger partial charge in [0.1, 0.15) is 12.0 Å². The molecule has 2 N–H and O–H groups in total. The third kappa shape index (κ3) is 5.60. The monoisotopic (exact) mass is 523 g/mol. The van der Waals surface area contributed by atoms with Crippen molar-refractivity contribution in [2.75, 3.05) is 18.0 Å². The normalized spacial score (nSPS) is 18.4. The SMILES string of the molecule is CC(C(=O)NCCC(F)(F)C(F)(F)F)C(=O)NC1C(=O)N(CC2CC2)c2ccccc2-c2ccccc21. The van der Waals surface area contributed by atoms with Crippen molar-refractivity contribution in [2.24, 2.45) is 11.8 Å². The minimum Gasteiger partial charge on any atom is -0.355 e. The molecule has 1 fully saturated rings. The number of nitrogens with one attached hydrogen (secondary N) is 2. The molecule has 0 spiro atoms. The maximum Gasteiger partial charge on any atom is 0.453 e. The first-order chi connectivity index (χ1) is 17.4. The van der Waals surface area contributed by atoms with Gasteiger partial charge in [0.15, 0.2) is 0 Å². The topological polar surface area (TPSA) is 78.5 Å². The summed E-state index contributed by atoms with van der Waals surface area (Å²) in [7, 11) is 0. The van der Waals surface area contributed by atoms with E-state index in [2.05, 4.69) is 5.32 Å². The van der Waals surface area contributed by atoms with Gasteiger partial charge in [-0.2, -0.15) is 22.0 Å². The minimum absolute atomic E-state index is 0.342. The molecule has 3 amide bonds. The number of amides is 3. The number of rotatable bonds is 8. The molecule has 1 aliphatic heterocycles. The van der Waals surface area contributed by atoms with Crippen LogP contribution in [0.1, 0.15) is 37.8 Å². The molecule has 6 nitrogen and oxygen atoms in total. The second-order valence-corrected chi connectivity index (χ2v) is 9.40. The molecule has 11 heteroatoms. The molecule has 1 aliphatic carbocycles. The van der Waals surface area contributed by atoms with Gasteiger partial charge in [0.05, 0.1) is 5.69 Å². The molecule has 37 heavy (non-hydrogen) atoms. The van der Waals surface area contributed by atoms with E-state index in [-0.39, 0.29) is 5.91 Å². The molecule has 2 aromatic carbocycles. The van der Waals surface area contributed by atoms with Crippen molar-refractivity contribution in [1.29, 1.82) is 0 Å². The molecular weight excluding hydrogens is 497 g/mol. The Hall–Kier alpha value is -3.50. The zero-order valence-corrected chi connectivity index (χ0v) is 19.9. The van der Waals surface area contributed by atoms with Gasteiger partial charge in [-0.25, -0.2) is 0 Å². The number of benzene rings is 2. The third-order valence-electron chi connectivity index (χ3n) is 6.63. The predicted octanol–water partition coefficient (Wildman–Crippen LogP) is 4.61. The Bertz CT molecular complexity index is 1200. The molecule has 198 valence electrons. The number of anilines is 1. The smallest absolute Gasteiger partial charge is 0.355 e. The van der Waals surface area contributed by atoms with E-state index < -0.39 is 48.8 Å². The Morgan fingerprint density at radius 3 is 2.24 bits per heavy atom. The fourth-order valence-electron chi connectivity index (χ4n) is 4.25. The van der Waals surface area contributed by atoms with Crippen molar-refractivity contribution < 1.29 is 36.3 Å². The van der Waals surface area contributed by atoms with Gasteiger partial charge in [-0.3, -0.25) is 14.4 Å². The number of carbonyl (C=O) groups excluding carboxylic acids is 3. The van der Waals surface area contributed by atoms with Crippen molar-refractivity contribution in [1.82, 2.24) is 10.6 Å². The summed E-state index contributed by atoms with van der Waals surface area (Å²) in [5.74, 6) is -8.33. The minimum atomic E-state index is -5.74. The van der Waals surface area contributed by atoms with E-state index in [0.29, 0.717) is 23.7 Å². The highest BCUT2D eigenvalue weighted by Gasteiger charge is 2.56. The summed E-state index contributed by atoms with van der Waals surface area (Å²) in [4.78, 5) is 40.7. The van der Waals surface area contributed by atoms with E-state index in [9.17, 15) is 36.3 Å². The van der Waals surface area contributed by atoms with E-state index in [1.54, 1.807) is 17.0 Å². The van der Waals surface area contributed by atoms with Crippen LogP contribution in [-0.4, -0.2) is 42.9 Å². The van der Waals surface area contributed by atoms with Gasteiger partial charge in [0.25, 0.3) is 5.91 Å². The highest BCUT2D eigenvalue weighted by molar-refractivity contribution is 6.08. The van der Waals surface area contributed by atoms with Gasteiger partial charge in [-0.15, -0.1) is 0 Å². The molecule has 1 saturated carbocycles. The van der Waals surface area contributed by atoms with Crippen LogP contribution < -0.4 is 15.5 Å². The lowest BCUT2D eigenvalue weighted by molar-refractivity contribution is -0.283. The van der Waals surface area contributed by atoms with Crippen LogP contribution in [0.4, 0.5) is 27.6 Å². The van der Waals surface area contributed by atoms with E-state index in [1.807, 2.05) is 41.7 Å². The molecular formula is C26H26F5N3O3. The summed E-state index contributed by atoms with van der Waals surface area (Å²) in [5, 5.41) is 4.57. The van der Waals surface area contributed by atoms with Crippen LogP contribution in [-0.2, 0) is 14.4 Å². The van der Waals surface area contributed by atoms with Crippen molar-refractivity contribution in [3.8, 4) is 11.1 Å². The Morgan fingerprint density at radius 2 is 1.59 bits per heavy atom. The fourth-order valence-corrected chi connectivity index (χ4v) is 4.25. The zero-order valence-electron chi connectivity index (χ0n) is 19.9. The lowest BCUT2D eigenvalue weighted by Crippen LogP contribution is -2.47. The van der Waals surface area contributed by atoms with E-state index in [1.165, 1.54) is 6.92 Å². The fraction of sp³-hybridized carbons (Fsp3) is 0.423. The molecule has 0 aromatic heterocycles. The Balaban J connectivity index is 1.53. The summed E-state index contributed by atoms with van der Waals surface area (Å²) in [6, 6.07) is 13.3. The summed E-state index contributed by atoms with van der Waals surface area (Å²) in [6.07, 6.45) is -5.42. The quantitative estimate of drug-likeness (QED) is 0.392. The molecule has 0 saturated heterocycles. The highest BCUT2D eigenvalue weighted by atomic mass is 19.4. The lowest BCUT2D eigenvalue weighted by Gasteiger charge is -2.27. The Kier molecular flexibility index (Phi) is 7.25. The first-order valence-electron chi connectivity index (χ1n) is 11.9. The van der Waals surface area contributed by atoms with Crippen LogP contribution in [0.5, 0.6) is 0 Å². The van der Waals surface area contributed by atoms with Crippen LogP contribution in [0.3, 0.4) is 0 Å². The number of hydrogen-bond donors (Lipinski definition) is 2. The molecule has 0 radical (unpaired) electrons. The first-order valence-corrected chi connectivity index (χ1v) is 11.9. The summed E-state index contributed by atoms with van der Waals surface area (Å²) >= 11 is 0. The van der Waals surface area contributed by atoms with Crippen molar-refractivity contribution in [2.45, 2.75) is 44.3 Å². The molecule has 2 atom stereocenters. The van der Waals surface area contributed by atoms with Crippen molar-refractivity contribution >= 4 is 23.4 Å². The average Bonchev–Trinajstić information content (AvgIpc) is 3.68. The van der Waals surface area contributed by atoms with Gasteiger partial charge < -0.3 is 15.5 Å². The standard InChI is InChI=1S/C26H26F5N3O3/c1-15(22(35)32-13-12-25(27,28)26(29,30)31)23(36)33-21-19-8-3-2-6-17(19)18-7-4-5-9-20(18)34(24(21)37)14-16-10-11-16/h2-9,15-16,21H,10-14H2,1H3,(H,32,35)(H,33,36). The second-order valence-electron chi connectivity index (χ2n) is 9.40. The molecule has 4 rings (SSSR count). The number of hydrogen-bond acceptors (Lipinski definition) is 3. The number of alkyl halides is 5. The summed E-state index contributed by atoms with van der Waals surface area (Å²) < 4.78 is 63.3. The van der Waals surface area contributed by atoms with Gasteiger partial charge in [-0.05, 0) is 42.9 Å². The maximum absolute atomic E-state index is 13.8. The lowest BCUT2D eigenvalue weighted by atomic mass is 9.95. The molecule has 1 heterocycles. The molecule has 0 bridgehead atoms. The van der Waals surface area contributed by atoms with Gasteiger partial charge >= 0.3 is 12.1 Å². The van der Waals surface area contributed by atoms with E-state index >= 15 is 0 Å². The molecule has 2 aliphatic rings. The molecule has 2 aromatic rings. The van der Waals surface area contributed by atoms with Crippen LogP contribution in [0, 0.1) is 11.8 Å². The summed E-state index contributed by atoms with van der Waals surface area (Å²) in [6.45, 7) is 0.689. The third-order valence-corrected chi connectivity index (χ3v) is 6.63. The maximum atomic E-state index is 13.8. The number of halogens is 5. The van der Waals surface area contributed by atoms with Crippen molar-refractivity contribution in [3.05, 3.63) is 54.1 Å². The Labute approximate surface area is 210 Å². The molecule has 2 unspecified atom stereocenters. The first kappa shape index (κ1) is 26.6. The predicted molar refractivity (Wildman–Crippen MR) is 126 cm³/mol. The number of nitrogens with zero attached hydrogens (tertiary/aromatic N) is 1. The largest absolute Gasteiger partial charge is 0.453 e. The highest BCUT2D eigenvalue weighted by Crippen LogP contribution is 2.42. The Morgan fingerprint density at radius 1 is 0.973 bits per heavy atom. The average molecular weight is 524 g/mol. The van der Waals surface area contributed by atoms with Crippen molar-refractivity contribution in [3.63, 3.8) is 0 Å². The van der Waals surface area contributed by atoms with Gasteiger partial charge in [0, 0.05) is 25.1 Å². The number of fused-ring (bicyclic) bond motifs is 3. The van der Waals surface area contributed by atoms with Gasteiger partial charge in [0.2, 0.25) is 11.8 Å². The van der Waals surface area contributed by atoms with Crippen LogP contribution in [0.15, 0.2) is 48.5 Å². The number of para-hydroxylation sites is 1. The van der Waals surface area contributed by atoms with E-state index in [0.717, 1.165) is 24.0 Å². The van der Waals surface area contributed by atoms with E-state index in [4.69, 9.17) is 0 Å². The summed E-state index contributed by atoms with van der Waals surface area (Å²) in [5.41, 5.74) is 2.80.